The number of esters is 1. The number of hydrogen-bond donors (Lipinski definition) is 16. The van der Waals surface area contributed by atoms with Crippen LogP contribution in [0.4, 0.5) is 81.8 Å². The lowest BCUT2D eigenvalue weighted by Crippen LogP contribution is -2.38. The Balaban J connectivity index is 0.000000195. The number of benzene rings is 12. The van der Waals surface area contributed by atoms with Gasteiger partial charge in [-0.1, -0.05) is 121 Å². The second-order valence-electron chi connectivity index (χ2n) is 33.5. The molecule has 0 fully saturated rings. The standard InChI is InChI=1S/C20H26N2O3.C19H20FN3O2.C19H19N3O3.C19H22N2O4.C17H18F2N2O3.C17H20N2O3/c1-5-25-17-8-9-18(15(3)12-17)22-20(23)21-11-10-16-7-6-14(2)19(13-16)24-4;1-12-3-4-14-7-8-23(11-15(14)9-12)19(25)22-16-5-6-17(20)18(10-16)21-13(2)24;1-25-15-9-7-13(8-10-15)17(12-23)22-19(24)21-16-6-2-4-14-5-3-11-20-18(14)16;1-13-4-5-14(12-17(13)24-2)10-11-20-19(23)21-16-8-6-15(7-9-16)18(22)25-3;1-17(18,19)12-4-2-3-5-13(12)21-16(24)20-9-8-11-6-7-14(22)15(23)10-11;1-12-6-7-13(10-16(12)20)8-9-18-17(21)19-14-4-3-5-15(11-14)22-2/h6-9,12-13H,5,10-11H2,1-4H3,(H2,21,22,23);3-6,9-10H,7-8,11H2,1-2H3,(H,21,24)(H,22,25);2-11,17,23H,12H2,1H3,(H2,21,22,24);4-9,12H,10-11H2,1-3H3,(H2,20,21,23);2-7,10,22-23H,8-9H2,1H3,(H2,20,21,24);3-7,10-11,20H,8-9H2,1-2H3,(H2,18,19,21). The van der Waals surface area contributed by atoms with Gasteiger partial charge in [0.25, 0.3) is 5.92 Å². The molecule has 1 aromatic heterocycles. The molecule has 0 bridgehead atoms. The number of hydrogen-bond acceptors (Lipinski definition) is 19. The first-order valence-electron chi connectivity index (χ1n) is 46.7. The van der Waals surface area contributed by atoms with E-state index < -0.39 is 35.8 Å². The molecule has 2 heterocycles. The van der Waals surface area contributed by atoms with E-state index in [2.05, 4.69) is 91.7 Å². The minimum Gasteiger partial charge on any atom is -0.508 e. The monoisotopic (exact) mass is 2000 g/mol. The summed E-state index contributed by atoms with van der Waals surface area (Å²) in [6.45, 7) is 17.2. The number of ether oxygens (including phenoxy) is 6. The number of urea groups is 6. The van der Waals surface area contributed by atoms with Crippen molar-refractivity contribution in [1.29, 1.82) is 0 Å². The molecule has 1 aliphatic rings. The van der Waals surface area contributed by atoms with Gasteiger partial charge in [0.2, 0.25) is 5.91 Å². The highest BCUT2D eigenvalue weighted by Gasteiger charge is 2.29. The van der Waals surface area contributed by atoms with Gasteiger partial charge in [-0.15, -0.1) is 0 Å². The number of nitrogens with one attached hydrogen (secondary N) is 12. The maximum absolute atomic E-state index is 13.7. The van der Waals surface area contributed by atoms with E-state index in [9.17, 15) is 72.0 Å². The summed E-state index contributed by atoms with van der Waals surface area (Å²) in [4.78, 5) is 101. The van der Waals surface area contributed by atoms with Crippen LogP contribution in [-0.4, -0.2) is 160 Å². The number of fused-ring (bicyclic) bond motifs is 2. The van der Waals surface area contributed by atoms with Crippen LogP contribution in [0.3, 0.4) is 0 Å². The van der Waals surface area contributed by atoms with Gasteiger partial charge in [-0.3, -0.25) is 9.78 Å². The Bertz CT molecular complexity index is 6570. The Hall–Kier alpha value is -17.2. The number of aryl methyl sites for hydroxylation is 5. The van der Waals surface area contributed by atoms with E-state index in [1.165, 1.54) is 73.7 Å². The second kappa shape index (κ2) is 57.0. The minimum absolute atomic E-state index is 0.0461. The molecule has 768 valence electrons. The molecule has 0 saturated heterocycles. The van der Waals surface area contributed by atoms with Gasteiger partial charge in [-0.2, -0.15) is 0 Å². The van der Waals surface area contributed by atoms with Gasteiger partial charge in [-0.25, -0.2) is 46.7 Å². The molecule has 1 aliphatic heterocycles. The average molecular weight is 2000 g/mol. The molecule has 13 aromatic rings. The zero-order valence-corrected chi connectivity index (χ0v) is 83.6. The molecule has 32 nitrogen and oxygen atoms in total. The van der Waals surface area contributed by atoms with Crippen molar-refractivity contribution in [2.75, 3.05) is 119 Å². The maximum atomic E-state index is 13.7. The second-order valence-corrected chi connectivity index (χ2v) is 33.5. The van der Waals surface area contributed by atoms with Crippen molar-refractivity contribution in [2.24, 2.45) is 0 Å². The third-order valence-electron chi connectivity index (χ3n) is 22.4. The number of methoxy groups -OCH3 is 5. The smallest absolute Gasteiger partial charge is 0.337 e. The number of para-hydroxylation sites is 2. The topological polar surface area (TPSA) is 433 Å². The number of rotatable bonds is 30. The number of aliphatic hydroxyl groups is 1. The molecule has 12 aromatic carbocycles. The van der Waals surface area contributed by atoms with E-state index in [0.29, 0.717) is 109 Å². The van der Waals surface area contributed by atoms with Crippen molar-refractivity contribution in [1.82, 2.24) is 36.5 Å². The van der Waals surface area contributed by atoms with Crippen molar-refractivity contribution in [3.05, 3.63) is 345 Å². The summed E-state index contributed by atoms with van der Waals surface area (Å²) in [6.07, 6.45) is 4.99. The van der Waals surface area contributed by atoms with Crippen LogP contribution < -0.4 is 87.5 Å². The highest BCUT2D eigenvalue weighted by Crippen LogP contribution is 2.35. The Morgan fingerprint density at radius 3 is 1.55 bits per heavy atom. The highest BCUT2D eigenvalue weighted by atomic mass is 19.3. The zero-order valence-electron chi connectivity index (χ0n) is 83.6. The van der Waals surface area contributed by atoms with Gasteiger partial charge in [0.05, 0.1) is 82.9 Å². The van der Waals surface area contributed by atoms with Gasteiger partial charge in [0.15, 0.2) is 11.5 Å². The fourth-order valence-electron chi connectivity index (χ4n) is 14.6. The third-order valence-corrected chi connectivity index (χ3v) is 22.4. The van der Waals surface area contributed by atoms with Crippen molar-refractivity contribution in [3.63, 3.8) is 0 Å². The Morgan fingerprint density at radius 2 is 0.979 bits per heavy atom. The molecule has 1 atom stereocenters. The number of carbonyl (C=O) groups is 8. The summed E-state index contributed by atoms with van der Waals surface area (Å²) in [5.41, 5.74) is 16.3. The SMILES string of the molecule is CC(=O)Nc1cc(NC(=O)N2CCc3ccc(C)cc3C2)ccc1F.CC(F)(F)c1ccccc1NC(=O)NCCc1ccc(O)c(O)c1.CCOc1ccc(NC(=O)NCCc2ccc(C)c(OC)c2)c(C)c1.COC(=O)c1ccc(NC(=O)NCCc2ccc(C)c(OC)c2)cc1.COc1ccc(C(CO)NC(=O)Nc2cccc3cccnc23)cc1.COc1cccc(NC(=O)NCCc2ccc(C)c(O)c2)c1. The highest BCUT2D eigenvalue weighted by molar-refractivity contribution is 6.00. The number of nitrogens with zero attached hydrogens (tertiary/aromatic N) is 2. The van der Waals surface area contributed by atoms with Gasteiger partial charge >= 0.3 is 42.2 Å². The lowest BCUT2D eigenvalue weighted by atomic mass is 9.98. The Labute approximate surface area is 846 Å². The van der Waals surface area contributed by atoms with Gasteiger partial charge in [-0.05, 0) is 268 Å². The summed E-state index contributed by atoms with van der Waals surface area (Å²) < 4.78 is 71.6. The number of pyridine rings is 1. The van der Waals surface area contributed by atoms with Crippen LogP contribution in [0.1, 0.15) is 109 Å². The van der Waals surface area contributed by atoms with Crippen LogP contribution in [0.5, 0.6) is 46.0 Å². The molecule has 1 unspecified atom stereocenters. The number of aromatic nitrogens is 1. The van der Waals surface area contributed by atoms with E-state index in [4.69, 9.17) is 23.7 Å². The van der Waals surface area contributed by atoms with E-state index in [0.717, 1.165) is 98.2 Å². The number of aromatic hydroxyl groups is 3. The molecule has 146 heavy (non-hydrogen) atoms. The van der Waals surface area contributed by atoms with Crippen LogP contribution in [0.2, 0.25) is 0 Å². The predicted molar refractivity (Wildman–Crippen MR) is 562 cm³/mol. The quantitative estimate of drug-likeness (QED) is 0.0147. The molecule has 16 N–H and O–H groups in total. The molecule has 0 aliphatic carbocycles. The minimum atomic E-state index is -3.06. The fraction of sp³-hybridized carbons (Fsp3) is 0.252. The zero-order chi connectivity index (χ0) is 106. The molecular formula is C111H125F3N14O18. The molecule has 13 amide bonds. The van der Waals surface area contributed by atoms with E-state index in [1.54, 1.807) is 124 Å². The predicted octanol–water partition coefficient (Wildman–Crippen LogP) is 20.7. The number of halogens is 3. The molecule has 0 spiro atoms. The molecule has 14 rings (SSSR count). The fourth-order valence-corrected chi connectivity index (χ4v) is 14.6. The van der Waals surface area contributed by atoms with Crippen LogP contribution in [0, 0.1) is 40.4 Å². The Morgan fingerprint density at radius 1 is 0.445 bits per heavy atom. The Kier molecular flexibility index (Phi) is 43.9. The van der Waals surface area contributed by atoms with Crippen molar-refractivity contribution in [2.45, 2.75) is 106 Å². The first-order chi connectivity index (χ1) is 70.0. The van der Waals surface area contributed by atoms with Gasteiger partial charge in [0.1, 0.15) is 40.3 Å². The number of aliphatic hydroxyl groups excluding tert-OH is 1. The number of anilines is 7. The maximum Gasteiger partial charge on any atom is 0.337 e. The molecule has 35 heteroatoms. The first kappa shape index (κ1) is 112. The normalized spacial score (nSPS) is 11.1. The van der Waals surface area contributed by atoms with Gasteiger partial charge in [0, 0.05) is 99.1 Å². The lowest BCUT2D eigenvalue weighted by Gasteiger charge is -2.29. The van der Waals surface area contributed by atoms with Crippen LogP contribution in [-0.2, 0) is 54.1 Å². The number of phenolic OH excluding ortho intramolecular Hbond substituents is 3. The summed E-state index contributed by atoms with van der Waals surface area (Å²) in [7, 11) is 7.80. The molecule has 0 radical (unpaired) electrons. The molecule has 0 saturated carbocycles. The van der Waals surface area contributed by atoms with Crippen LogP contribution >= 0.6 is 0 Å². The summed E-state index contributed by atoms with van der Waals surface area (Å²) in [5, 5.41) is 71.3. The van der Waals surface area contributed by atoms with Crippen molar-refractivity contribution < 1.29 is 100 Å². The largest absolute Gasteiger partial charge is 0.508 e. The summed E-state index contributed by atoms with van der Waals surface area (Å²) in [5.74, 6) is -0.659. The van der Waals surface area contributed by atoms with E-state index in [-0.39, 0.29) is 77.4 Å². The van der Waals surface area contributed by atoms with Crippen LogP contribution in [0.15, 0.2) is 261 Å². The number of amides is 13. The number of phenols is 3. The van der Waals surface area contributed by atoms with Crippen molar-refractivity contribution >= 4 is 98.8 Å². The summed E-state index contributed by atoms with van der Waals surface area (Å²) in [6, 6.07) is 71.3. The van der Waals surface area contributed by atoms with E-state index >= 15 is 0 Å². The first-order valence-corrected chi connectivity index (χ1v) is 46.7. The summed E-state index contributed by atoms with van der Waals surface area (Å²) >= 11 is 0. The third kappa shape index (κ3) is 36.7. The number of alkyl halides is 2. The number of carbonyl (C=O) groups excluding carboxylic acids is 8. The molecular weight excluding hydrogens is 1870 g/mol. The average Bonchev–Trinajstić information content (AvgIpc) is 0.834. The van der Waals surface area contributed by atoms with Crippen LogP contribution in [0.25, 0.3) is 10.9 Å². The van der Waals surface area contributed by atoms with Gasteiger partial charge < -0.3 is 118 Å². The lowest BCUT2D eigenvalue weighted by molar-refractivity contribution is -0.114. The van der Waals surface area contributed by atoms with Crippen molar-refractivity contribution in [3.8, 4) is 46.0 Å². The van der Waals surface area contributed by atoms with E-state index in [1.807, 2.05) is 145 Å².